The Hall–Kier alpha value is -3.92. The van der Waals surface area contributed by atoms with Crippen molar-refractivity contribution >= 4 is 40.7 Å². The standard InChI is InChI=1S/C27H23F4N5O.ClH/c1-17-16-35(13-14-36(17)26(37)32-23-12-11-19(28)15-22(23)27(29,30)31)25-21-10-6-5-9-20(21)24(33-34-25)18-7-3-2-4-8-18;/h2-12,15,17H,13-14,16H2,1H3,(H,32,37);1H/t17-;/m0./s1. The van der Waals surface area contributed by atoms with E-state index in [0.29, 0.717) is 25.0 Å². The monoisotopic (exact) mass is 545 g/mol. The largest absolute Gasteiger partial charge is 0.418 e. The molecule has 1 aliphatic rings. The van der Waals surface area contributed by atoms with Gasteiger partial charge in [0.15, 0.2) is 5.82 Å². The zero-order valence-electron chi connectivity index (χ0n) is 20.2. The van der Waals surface area contributed by atoms with Gasteiger partial charge in [-0.1, -0.05) is 54.6 Å². The Kier molecular flexibility index (Phi) is 7.73. The lowest BCUT2D eigenvalue weighted by molar-refractivity contribution is -0.137. The van der Waals surface area contributed by atoms with E-state index in [1.807, 2.05) is 66.4 Å². The minimum absolute atomic E-state index is 0. The maximum Gasteiger partial charge on any atom is 0.418 e. The summed E-state index contributed by atoms with van der Waals surface area (Å²) >= 11 is 0. The lowest BCUT2D eigenvalue weighted by Crippen LogP contribution is -2.55. The third-order valence-electron chi connectivity index (χ3n) is 6.43. The Bertz CT molecular complexity index is 1450. The first-order valence-electron chi connectivity index (χ1n) is 11.7. The highest BCUT2D eigenvalue weighted by Crippen LogP contribution is 2.36. The molecule has 1 saturated heterocycles. The molecule has 0 aliphatic carbocycles. The van der Waals surface area contributed by atoms with Crippen LogP contribution in [0.15, 0.2) is 72.8 Å². The maximum absolute atomic E-state index is 13.4. The van der Waals surface area contributed by atoms with Crippen LogP contribution >= 0.6 is 12.4 Å². The molecule has 1 aromatic heterocycles. The zero-order chi connectivity index (χ0) is 26.2. The predicted octanol–water partition coefficient (Wildman–Crippen LogP) is 6.62. The third kappa shape index (κ3) is 5.35. The molecule has 0 unspecified atom stereocenters. The van der Waals surface area contributed by atoms with Crippen LogP contribution in [-0.4, -0.2) is 46.8 Å². The van der Waals surface area contributed by atoms with Crippen molar-refractivity contribution in [3.05, 3.63) is 84.2 Å². The fraction of sp³-hybridized carbons (Fsp3) is 0.222. The number of aromatic nitrogens is 2. The first-order chi connectivity index (χ1) is 17.7. The van der Waals surface area contributed by atoms with Crippen LogP contribution in [0.3, 0.4) is 0 Å². The molecular formula is C27H24ClF4N5O. The number of urea groups is 1. The van der Waals surface area contributed by atoms with Gasteiger partial charge in [0, 0.05) is 42.0 Å². The van der Waals surface area contributed by atoms with Crippen LogP contribution in [0.5, 0.6) is 0 Å². The van der Waals surface area contributed by atoms with E-state index in [9.17, 15) is 22.4 Å². The van der Waals surface area contributed by atoms with E-state index >= 15 is 0 Å². The number of anilines is 2. The summed E-state index contributed by atoms with van der Waals surface area (Å²) in [5, 5.41) is 13.2. The first kappa shape index (κ1) is 27.1. The quantitative estimate of drug-likeness (QED) is 0.294. The second-order valence-corrected chi connectivity index (χ2v) is 8.89. The fourth-order valence-electron chi connectivity index (χ4n) is 4.63. The summed E-state index contributed by atoms with van der Waals surface area (Å²) < 4.78 is 53.5. The molecule has 2 amide bonds. The van der Waals surface area contributed by atoms with Crippen LogP contribution in [0.2, 0.25) is 0 Å². The normalized spacial score (nSPS) is 15.8. The fourth-order valence-corrected chi connectivity index (χ4v) is 4.63. The van der Waals surface area contributed by atoms with Crippen LogP contribution in [0.25, 0.3) is 22.0 Å². The number of rotatable bonds is 3. The van der Waals surface area contributed by atoms with Gasteiger partial charge in [-0.2, -0.15) is 13.2 Å². The van der Waals surface area contributed by atoms with Crippen LogP contribution in [-0.2, 0) is 6.18 Å². The van der Waals surface area contributed by atoms with Gasteiger partial charge in [0.25, 0.3) is 0 Å². The predicted molar refractivity (Wildman–Crippen MR) is 141 cm³/mol. The van der Waals surface area contributed by atoms with E-state index < -0.39 is 29.3 Å². The van der Waals surface area contributed by atoms with Gasteiger partial charge in [0.2, 0.25) is 0 Å². The SMILES string of the molecule is C[C@H]1CN(c2nnc(-c3ccccc3)c3ccccc23)CCN1C(=O)Nc1ccc(F)cc1C(F)(F)F.Cl. The molecule has 198 valence electrons. The number of hydrogen-bond acceptors (Lipinski definition) is 4. The Morgan fingerprint density at radius 3 is 2.32 bits per heavy atom. The molecule has 6 nitrogen and oxygen atoms in total. The number of carbonyl (C=O) groups excluding carboxylic acids is 1. The van der Waals surface area contributed by atoms with Crippen molar-refractivity contribution in [1.82, 2.24) is 15.1 Å². The van der Waals surface area contributed by atoms with Crippen molar-refractivity contribution in [2.75, 3.05) is 29.9 Å². The summed E-state index contributed by atoms with van der Waals surface area (Å²) in [6.07, 6.45) is -4.80. The van der Waals surface area contributed by atoms with E-state index in [4.69, 9.17) is 0 Å². The van der Waals surface area contributed by atoms with Gasteiger partial charge in [0.05, 0.1) is 11.3 Å². The van der Waals surface area contributed by atoms with Gasteiger partial charge in [-0.25, -0.2) is 9.18 Å². The van der Waals surface area contributed by atoms with Gasteiger partial charge in [-0.3, -0.25) is 0 Å². The minimum atomic E-state index is -4.80. The zero-order valence-corrected chi connectivity index (χ0v) is 21.1. The summed E-state index contributed by atoms with van der Waals surface area (Å²) in [5.74, 6) is -0.348. The molecule has 0 saturated carbocycles. The van der Waals surface area contributed by atoms with E-state index in [-0.39, 0.29) is 25.0 Å². The highest BCUT2D eigenvalue weighted by Gasteiger charge is 2.36. The Morgan fingerprint density at radius 1 is 0.947 bits per heavy atom. The van der Waals surface area contributed by atoms with Gasteiger partial charge < -0.3 is 15.1 Å². The number of amides is 2. The van der Waals surface area contributed by atoms with Crippen molar-refractivity contribution in [2.45, 2.75) is 19.1 Å². The van der Waals surface area contributed by atoms with E-state index in [0.717, 1.165) is 34.2 Å². The number of hydrogen-bond donors (Lipinski definition) is 1. The lowest BCUT2D eigenvalue weighted by atomic mass is 10.0. The summed E-state index contributed by atoms with van der Waals surface area (Å²) in [7, 11) is 0. The Labute approximate surface area is 222 Å². The number of nitrogens with zero attached hydrogens (tertiary/aromatic N) is 4. The number of fused-ring (bicyclic) bond motifs is 1. The van der Waals surface area contributed by atoms with Crippen LogP contribution in [0, 0.1) is 5.82 Å². The summed E-state index contributed by atoms with van der Waals surface area (Å²) in [5.41, 5.74) is 0.00619. The highest BCUT2D eigenvalue weighted by molar-refractivity contribution is 6.00. The summed E-state index contributed by atoms with van der Waals surface area (Å²) in [4.78, 5) is 16.4. The smallest absolute Gasteiger partial charge is 0.351 e. The van der Waals surface area contributed by atoms with Crippen molar-refractivity contribution < 1.29 is 22.4 Å². The van der Waals surface area contributed by atoms with Crippen molar-refractivity contribution in [1.29, 1.82) is 0 Å². The molecule has 0 bridgehead atoms. The minimum Gasteiger partial charge on any atom is -0.351 e. The number of piperazine rings is 1. The molecule has 4 aromatic rings. The van der Waals surface area contributed by atoms with Gasteiger partial charge in [-0.15, -0.1) is 22.6 Å². The Balaban J connectivity index is 0.00000336. The number of benzene rings is 3. The van der Waals surface area contributed by atoms with Crippen molar-refractivity contribution in [2.24, 2.45) is 0 Å². The summed E-state index contributed by atoms with van der Waals surface area (Å²) in [6.45, 7) is 2.89. The lowest BCUT2D eigenvalue weighted by Gasteiger charge is -2.40. The van der Waals surface area contributed by atoms with Gasteiger partial charge >= 0.3 is 12.2 Å². The Morgan fingerprint density at radius 2 is 1.63 bits per heavy atom. The van der Waals surface area contributed by atoms with Crippen molar-refractivity contribution in [3.63, 3.8) is 0 Å². The second kappa shape index (κ2) is 10.8. The second-order valence-electron chi connectivity index (χ2n) is 8.89. The molecule has 1 atom stereocenters. The molecular weight excluding hydrogens is 522 g/mol. The van der Waals surface area contributed by atoms with Gasteiger partial charge in [-0.05, 0) is 25.1 Å². The van der Waals surface area contributed by atoms with E-state index in [1.54, 1.807) is 0 Å². The molecule has 1 N–H and O–H groups in total. The third-order valence-corrected chi connectivity index (χ3v) is 6.43. The molecule has 38 heavy (non-hydrogen) atoms. The number of alkyl halides is 3. The molecule has 3 aromatic carbocycles. The van der Waals surface area contributed by atoms with E-state index in [2.05, 4.69) is 15.5 Å². The molecule has 2 heterocycles. The van der Waals surface area contributed by atoms with Crippen LogP contribution in [0.4, 0.5) is 33.9 Å². The molecule has 1 fully saturated rings. The first-order valence-corrected chi connectivity index (χ1v) is 11.7. The van der Waals surface area contributed by atoms with E-state index in [1.165, 1.54) is 4.90 Å². The van der Waals surface area contributed by atoms with Crippen LogP contribution in [0.1, 0.15) is 12.5 Å². The molecule has 5 rings (SSSR count). The maximum atomic E-state index is 13.4. The number of nitrogens with one attached hydrogen (secondary N) is 1. The van der Waals surface area contributed by atoms with Crippen LogP contribution < -0.4 is 10.2 Å². The van der Waals surface area contributed by atoms with Crippen molar-refractivity contribution in [3.8, 4) is 11.3 Å². The average molecular weight is 546 g/mol. The molecule has 1 aliphatic heterocycles. The average Bonchev–Trinajstić information content (AvgIpc) is 2.89. The number of halogens is 5. The summed E-state index contributed by atoms with van der Waals surface area (Å²) in [6, 6.07) is 18.8. The topological polar surface area (TPSA) is 61.4 Å². The van der Waals surface area contributed by atoms with Gasteiger partial charge in [0.1, 0.15) is 11.5 Å². The molecule has 11 heteroatoms. The molecule has 0 spiro atoms. The number of carbonyl (C=O) groups is 1. The highest BCUT2D eigenvalue weighted by atomic mass is 35.5. The molecule has 0 radical (unpaired) electrons.